The second-order valence-electron chi connectivity index (χ2n) is 19.8. The first kappa shape index (κ1) is 38.3. The van der Waals surface area contributed by atoms with Crippen LogP contribution in [0.15, 0.2) is 162 Å². The van der Waals surface area contributed by atoms with Gasteiger partial charge in [-0.1, -0.05) is 140 Å². The third kappa shape index (κ3) is 6.93. The van der Waals surface area contributed by atoms with Crippen LogP contribution >= 0.6 is 0 Å². The topological polar surface area (TPSA) is 8.17 Å². The average molecular weight is 811 g/mol. The van der Waals surface area contributed by atoms with E-state index in [1.807, 2.05) is 0 Å². The number of nitrogens with zero attached hydrogens (tertiary/aromatic N) is 2. The molecule has 1 saturated carbocycles. The lowest BCUT2D eigenvalue weighted by molar-refractivity contribution is 0.443. The van der Waals surface area contributed by atoms with Crippen molar-refractivity contribution in [2.45, 2.75) is 120 Å². The van der Waals surface area contributed by atoms with Gasteiger partial charge in [-0.05, 0) is 170 Å². The maximum Gasteiger partial charge on any atom is 0.0629 e. The van der Waals surface area contributed by atoms with Gasteiger partial charge in [0.1, 0.15) is 0 Å². The molecule has 0 saturated heterocycles. The molecular weight excluding hydrogens is 749 g/mol. The molecule has 6 atom stereocenters. The Morgan fingerprint density at radius 3 is 2.27 bits per heavy atom. The molecule has 1 aromatic heterocycles. The number of aromatic nitrogens is 1. The number of benzene rings is 3. The average Bonchev–Trinajstić information content (AvgIpc) is 3.87. The Bertz CT molecular complexity index is 2590. The highest BCUT2D eigenvalue weighted by Crippen LogP contribution is 2.49. The number of allylic oxidation sites excluding steroid dienone is 10. The largest absolute Gasteiger partial charge is 0.334 e. The molecule has 312 valence electrons. The van der Waals surface area contributed by atoms with Crippen LogP contribution in [0, 0.1) is 17.8 Å². The lowest BCUT2D eigenvalue weighted by Crippen LogP contribution is -2.34. The summed E-state index contributed by atoms with van der Waals surface area (Å²) in [7, 11) is 0. The number of hydrogen-bond acceptors (Lipinski definition) is 1. The minimum atomic E-state index is 0.319. The highest BCUT2D eigenvalue weighted by molar-refractivity contribution is 5.72. The van der Waals surface area contributed by atoms with Gasteiger partial charge in [-0.15, -0.1) is 0 Å². The Morgan fingerprint density at radius 2 is 1.40 bits per heavy atom. The van der Waals surface area contributed by atoms with E-state index in [9.17, 15) is 0 Å². The molecule has 2 nitrogen and oxygen atoms in total. The van der Waals surface area contributed by atoms with Crippen LogP contribution in [-0.4, -0.2) is 10.6 Å². The maximum absolute atomic E-state index is 2.72. The van der Waals surface area contributed by atoms with E-state index >= 15 is 0 Å². The molecular formula is C60H62N2. The van der Waals surface area contributed by atoms with Crippen LogP contribution in [-0.2, 0) is 12.8 Å². The van der Waals surface area contributed by atoms with E-state index in [0.29, 0.717) is 41.5 Å². The number of rotatable bonds is 7. The van der Waals surface area contributed by atoms with E-state index in [1.165, 1.54) is 127 Å². The Hall–Kier alpha value is -5.34. The zero-order valence-electron chi connectivity index (χ0n) is 36.5. The lowest BCUT2D eigenvalue weighted by Gasteiger charge is -2.34. The molecule has 7 aliphatic carbocycles. The van der Waals surface area contributed by atoms with Gasteiger partial charge in [0.15, 0.2) is 0 Å². The third-order valence-electron chi connectivity index (χ3n) is 16.2. The van der Waals surface area contributed by atoms with E-state index in [2.05, 4.69) is 161 Å². The quantitative estimate of drug-likeness (QED) is 0.169. The van der Waals surface area contributed by atoms with Crippen molar-refractivity contribution in [3.05, 3.63) is 201 Å². The van der Waals surface area contributed by atoms with E-state index < -0.39 is 0 Å². The van der Waals surface area contributed by atoms with E-state index in [4.69, 9.17) is 0 Å². The zero-order chi connectivity index (χ0) is 41.0. The van der Waals surface area contributed by atoms with Crippen molar-refractivity contribution in [1.29, 1.82) is 0 Å². The molecule has 0 amide bonds. The van der Waals surface area contributed by atoms with Gasteiger partial charge < -0.3 is 9.47 Å². The Kier molecular flexibility index (Phi) is 10.2. The summed E-state index contributed by atoms with van der Waals surface area (Å²) in [6.07, 6.45) is 48.6. The molecule has 4 aromatic rings. The minimum Gasteiger partial charge on any atom is -0.334 e. The molecule has 0 spiro atoms. The molecule has 1 aliphatic heterocycles. The minimum absolute atomic E-state index is 0.319. The van der Waals surface area contributed by atoms with Crippen LogP contribution in [0.4, 0.5) is 5.69 Å². The van der Waals surface area contributed by atoms with Crippen molar-refractivity contribution >= 4 is 17.8 Å². The van der Waals surface area contributed by atoms with Crippen molar-refractivity contribution in [2.24, 2.45) is 17.8 Å². The van der Waals surface area contributed by atoms with Gasteiger partial charge in [-0.2, -0.15) is 0 Å². The molecule has 1 fully saturated rings. The lowest BCUT2D eigenvalue weighted by atomic mass is 9.72. The number of anilines is 1. The monoisotopic (exact) mass is 810 g/mol. The molecule has 8 aliphatic rings. The molecule has 62 heavy (non-hydrogen) atoms. The van der Waals surface area contributed by atoms with Gasteiger partial charge >= 0.3 is 0 Å². The van der Waals surface area contributed by atoms with Gasteiger partial charge in [0, 0.05) is 46.2 Å². The fourth-order valence-electron chi connectivity index (χ4n) is 13.1. The first-order valence-corrected chi connectivity index (χ1v) is 24.6. The van der Waals surface area contributed by atoms with Crippen molar-refractivity contribution in [2.75, 3.05) is 4.90 Å². The van der Waals surface area contributed by atoms with Crippen molar-refractivity contribution < 1.29 is 0 Å². The summed E-state index contributed by atoms with van der Waals surface area (Å²) in [5.41, 5.74) is 19.3. The smallest absolute Gasteiger partial charge is 0.0629 e. The molecule has 0 bridgehead atoms. The van der Waals surface area contributed by atoms with Crippen LogP contribution in [0.2, 0.25) is 0 Å². The summed E-state index contributed by atoms with van der Waals surface area (Å²) in [6.45, 7) is 0. The zero-order valence-corrected chi connectivity index (χ0v) is 36.5. The fraction of sp³-hybridized carbons (Fsp3) is 0.367. The molecule has 6 unspecified atom stereocenters. The summed E-state index contributed by atoms with van der Waals surface area (Å²) in [4.78, 5) is 2.72. The second kappa shape index (κ2) is 16.4. The summed E-state index contributed by atoms with van der Waals surface area (Å²) >= 11 is 0. The summed E-state index contributed by atoms with van der Waals surface area (Å²) in [5.74, 6) is 3.08. The molecule has 2 heterocycles. The van der Waals surface area contributed by atoms with Crippen molar-refractivity contribution in [3.63, 3.8) is 0 Å². The predicted molar refractivity (Wildman–Crippen MR) is 260 cm³/mol. The first-order valence-electron chi connectivity index (χ1n) is 24.6. The van der Waals surface area contributed by atoms with Crippen molar-refractivity contribution in [1.82, 2.24) is 4.57 Å². The van der Waals surface area contributed by atoms with Crippen LogP contribution in [0.1, 0.15) is 140 Å². The van der Waals surface area contributed by atoms with Gasteiger partial charge in [-0.3, -0.25) is 0 Å². The van der Waals surface area contributed by atoms with Crippen LogP contribution in [0.3, 0.4) is 0 Å². The summed E-state index contributed by atoms with van der Waals surface area (Å²) in [5, 5.41) is 0. The second-order valence-corrected chi connectivity index (χ2v) is 19.8. The summed E-state index contributed by atoms with van der Waals surface area (Å²) < 4.78 is 2.64. The molecule has 2 heteroatoms. The molecule has 3 aromatic carbocycles. The highest BCUT2D eigenvalue weighted by Gasteiger charge is 2.41. The Morgan fingerprint density at radius 1 is 0.548 bits per heavy atom. The molecule has 0 radical (unpaired) electrons. The van der Waals surface area contributed by atoms with Gasteiger partial charge in [-0.25, -0.2) is 0 Å². The fourth-order valence-corrected chi connectivity index (χ4v) is 13.1. The van der Waals surface area contributed by atoms with E-state index in [1.54, 1.807) is 16.7 Å². The number of hydrogen-bond donors (Lipinski definition) is 0. The van der Waals surface area contributed by atoms with Crippen LogP contribution in [0.25, 0.3) is 17.8 Å². The number of fused-ring (bicyclic) bond motifs is 5. The maximum atomic E-state index is 2.72. The standard InChI is InChI=1S/C60H62N2/c1-4-15-41(16-5-1)45-21-14-22-52(38-45)62-58-26-13-11-24-54(58)56-34-30-47(40-60(56)62)46-29-33-55-53-23-10-12-25-57(53)61(59(55)39-46)51-31-27-44(28-32-51)50-36-48(42-17-6-2-7-18-42)35-49(37-50)43-19-8-3-9-20-43/h2,6-8,12-14,17-19,21-22,25-34,37-38,40-41,43,46,48,50,56,60H,1,3-5,9-11,15-16,20,23-24,35-36,39H2. The van der Waals surface area contributed by atoms with Gasteiger partial charge in [0.25, 0.3) is 0 Å². The summed E-state index contributed by atoms with van der Waals surface area (Å²) in [6, 6.07) is 31.2. The molecule has 0 N–H and O–H groups in total. The van der Waals surface area contributed by atoms with Crippen molar-refractivity contribution in [3.8, 4) is 5.69 Å². The molecule has 12 rings (SSSR count). The normalized spacial score (nSPS) is 27.7. The SMILES string of the molecule is C1=CC(C2=CC(c3ccc(-n4c5c(c6c4CC(C4=CC7C(C=C4)C4=C(C=CCC4)N7c4cccc(C7CCCCC7)c4)C=C6)CCC=C5)cc3)CC(c3ccccc3)C2)CCC1. The van der Waals surface area contributed by atoms with Crippen LogP contribution < -0.4 is 4.90 Å². The van der Waals surface area contributed by atoms with E-state index in [0.717, 1.165) is 25.7 Å². The predicted octanol–water partition coefficient (Wildman–Crippen LogP) is 15.2. The Balaban J connectivity index is 0.856. The van der Waals surface area contributed by atoms with Gasteiger partial charge in [0.2, 0.25) is 0 Å². The van der Waals surface area contributed by atoms with E-state index in [-0.39, 0.29) is 0 Å². The van der Waals surface area contributed by atoms with Crippen LogP contribution in [0.5, 0.6) is 0 Å². The van der Waals surface area contributed by atoms with Gasteiger partial charge in [0.05, 0.1) is 6.04 Å². The third-order valence-corrected chi connectivity index (χ3v) is 16.2. The highest BCUT2D eigenvalue weighted by atomic mass is 15.2. The first-order chi connectivity index (χ1) is 30.7. The Labute approximate surface area is 370 Å².